The van der Waals surface area contributed by atoms with E-state index in [1.807, 2.05) is 0 Å². The first-order valence-corrected chi connectivity index (χ1v) is 7.57. The van der Waals surface area contributed by atoms with Gasteiger partial charge in [-0.25, -0.2) is 0 Å². The minimum absolute atomic E-state index is 0.0473. The molecule has 2 N–H and O–H groups in total. The molecule has 0 aromatic carbocycles. The number of piperidine rings is 1. The Kier molecular flexibility index (Phi) is 4.90. The minimum Gasteiger partial charge on any atom is -0.353 e. The monoisotopic (exact) mass is 258 g/mol. The first kappa shape index (κ1) is 14.8. The number of carbonyl (C=O) groups excluding carboxylic acids is 1. The van der Waals surface area contributed by atoms with Gasteiger partial charge < -0.3 is 10.6 Å². The van der Waals surface area contributed by atoms with Gasteiger partial charge in [-0.1, -0.05) is 13.8 Å². The van der Waals surface area contributed by atoms with E-state index in [0.29, 0.717) is 0 Å². The van der Waals surface area contributed by atoms with Crippen LogP contribution in [-0.2, 0) is 4.79 Å². The van der Waals surface area contributed by atoms with Gasteiger partial charge in [0.1, 0.15) is 0 Å². The van der Waals surface area contributed by atoms with Crippen LogP contribution >= 0.6 is 11.8 Å². The molecule has 3 nitrogen and oxygen atoms in total. The first-order chi connectivity index (χ1) is 7.78. The molecule has 0 aromatic rings. The Bertz CT molecular complexity index is 277. The Morgan fingerprint density at radius 2 is 2.18 bits per heavy atom. The van der Waals surface area contributed by atoms with Crippen molar-refractivity contribution in [2.45, 2.75) is 51.3 Å². The van der Waals surface area contributed by atoms with Gasteiger partial charge in [0.2, 0.25) is 5.91 Å². The summed E-state index contributed by atoms with van der Waals surface area (Å²) in [5.74, 6) is 0.150. The maximum atomic E-state index is 12.2. The number of amides is 1. The number of carbonyl (C=O) groups is 1. The predicted octanol–water partition coefficient (Wildman–Crippen LogP) is 2.02. The van der Waals surface area contributed by atoms with E-state index in [1.54, 1.807) is 11.8 Å². The van der Waals surface area contributed by atoms with Crippen molar-refractivity contribution in [2.75, 3.05) is 19.3 Å². The second-order valence-electron chi connectivity index (χ2n) is 6.16. The highest BCUT2D eigenvalue weighted by molar-refractivity contribution is 7.99. The third-order valence-electron chi connectivity index (χ3n) is 3.63. The molecule has 4 heteroatoms. The molecule has 1 heterocycles. The van der Waals surface area contributed by atoms with E-state index < -0.39 is 0 Å². The van der Waals surface area contributed by atoms with Crippen molar-refractivity contribution >= 4 is 17.7 Å². The van der Waals surface area contributed by atoms with Crippen molar-refractivity contribution in [1.29, 1.82) is 0 Å². The molecule has 0 radical (unpaired) electrons. The summed E-state index contributed by atoms with van der Waals surface area (Å²) in [6.07, 6.45) is 4.35. The average molecular weight is 258 g/mol. The quantitative estimate of drug-likeness (QED) is 0.810. The van der Waals surface area contributed by atoms with Crippen molar-refractivity contribution in [2.24, 2.45) is 5.41 Å². The van der Waals surface area contributed by atoms with E-state index >= 15 is 0 Å². The summed E-state index contributed by atoms with van der Waals surface area (Å²) in [7, 11) is 0. The largest absolute Gasteiger partial charge is 0.353 e. The molecule has 100 valence electrons. The summed E-state index contributed by atoms with van der Waals surface area (Å²) in [5.41, 5.74) is 0.0613. The van der Waals surface area contributed by atoms with E-state index in [2.05, 4.69) is 44.6 Å². The van der Waals surface area contributed by atoms with Gasteiger partial charge in [0, 0.05) is 11.3 Å². The highest BCUT2D eigenvalue weighted by Gasteiger charge is 2.37. The summed E-state index contributed by atoms with van der Waals surface area (Å²) < 4.78 is 0.106. The van der Waals surface area contributed by atoms with E-state index in [1.165, 1.54) is 0 Å². The molecule has 0 bridgehead atoms. The smallest absolute Gasteiger partial charge is 0.237 e. The van der Waals surface area contributed by atoms with E-state index in [0.717, 1.165) is 25.9 Å². The fourth-order valence-electron chi connectivity index (χ4n) is 2.13. The average Bonchev–Trinajstić information content (AvgIpc) is 2.25. The van der Waals surface area contributed by atoms with Gasteiger partial charge in [0.25, 0.3) is 0 Å². The lowest BCUT2D eigenvalue weighted by molar-refractivity contribution is -0.126. The summed E-state index contributed by atoms with van der Waals surface area (Å²) in [5, 5.41) is 6.42. The minimum atomic E-state index is -0.0473. The van der Waals surface area contributed by atoms with Crippen molar-refractivity contribution in [1.82, 2.24) is 10.6 Å². The van der Waals surface area contributed by atoms with Crippen molar-refractivity contribution in [3.63, 3.8) is 0 Å². The first-order valence-electron chi connectivity index (χ1n) is 6.35. The van der Waals surface area contributed by atoms with Gasteiger partial charge in [-0.05, 0) is 44.9 Å². The van der Waals surface area contributed by atoms with Gasteiger partial charge in [-0.3, -0.25) is 4.79 Å². The van der Waals surface area contributed by atoms with Crippen LogP contribution in [0.2, 0.25) is 0 Å². The number of hydrogen-bond donors (Lipinski definition) is 2. The van der Waals surface area contributed by atoms with Crippen LogP contribution in [0.4, 0.5) is 0 Å². The highest BCUT2D eigenvalue weighted by Crippen LogP contribution is 2.30. The number of thioether (sulfide) groups is 1. The highest BCUT2D eigenvalue weighted by atomic mass is 32.2. The van der Waals surface area contributed by atoms with Crippen LogP contribution in [0.5, 0.6) is 0 Å². The molecule has 1 amide bonds. The molecule has 1 fully saturated rings. The van der Waals surface area contributed by atoms with Crippen LogP contribution < -0.4 is 10.6 Å². The summed E-state index contributed by atoms with van der Waals surface area (Å²) in [4.78, 5) is 12.2. The van der Waals surface area contributed by atoms with Gasteiger partial charge in [-0.15, -0.1) is 0 Å². The Hall–Kier alpha value is -0.220. The SMILES string of the molecule is CSC(C)(C)CNC(=O)C1NCCCC1(C)C. The molecule has 0 saturated carbocycles. The fourth-order valence-corrected chi connectivity index (χ4v) is 2.35. The van der Waals surface area contributed by atoms with Gasteiger partial charge >= 0.3 is 0 Å². The van der Waals surface area contributed by atoms with Crippen LogP contribution in [0.1, 0.15) is 40.5 Å². The maximum absolute atomic E-state index is 12.2. The summed E-state index contributed by atoms with van der Waals surface area (Å²) >= 11 is 1.78. The van der Waals surface area contributed by atoms with E-state index in [9.17, 15) is 4.79 Å². The molecular formula is C13H26N2OS. The zero-order valence-corrected chi connectivity index (χ0v) is 12.5. The predicted molar refractivity (Wildman–Crippen MR) is 75.4 cm³/mol. The lowest BCUT2D eigenvalue weighted by Crippen LogP contribution is -2.56. The van der Waals surface area contributed by atoms with Gasteiger partial charge in [0.05, 0.1) is 6.04 Å². The summed E-state index contributed by atoms with van der Waals surface area (Å²) in [6.45, 7) is 10.3. The van der Waals surface area contributed by atoms with E-state index in [4.69, 9.17) is 0 Å². The van der Waals surface area contributed by atoms with Crippen molar-refractivity contribution < 1.29 is 4.79 Å². The van der Waals surface area contributed by atoms with Crippen LogP contribution in [0.3, 0.4) is 0 Å². The third kappa shape index (κ3) is 4.18. The molecule has 1 rings (SSSR count). The molecule has 1 atom stereocenters. The molecule has 1 aliphatic heterocycles. The zero-order chi connectivity index (χ0) is 13.1. The maximum Gasteiger partial charge on any atom is 0.237 e. The molecule has 0 aromatic heterocycles. The third-order valence-corrected chi connectivity index (χ3v) is 4.88. The molecule has 1 aliphatic rings. The van der Waals surface area contributed by atoms with Crippen molar-refractivity contribution in [3.05, 3.63) is 0 Å². The lowest BCUT2D eigenvalue weighted by atomic mass is 9.77. The standard InChI is InChI=1S/C13H26N2OS/c1-12(2)7-6-8-14-10(12)11(16)15-9-13(3,4)17-5/h10,14H,6-9H2,1-5H3,(H,15,16). The van der Waals surface area contributed by atoms with Crippen LogP contribution in [0.25, 0.3) is 0 Å². The Labute approximate surface area is 109 Å². The molecule has 17 heavy (non-hydrogen) atoms. The summed E-state index contributed by atoms with van der Waals surface area (Å²) in [6, 6.07) is -0.0473. The zero-order valence-electron chi connectivity index (χ0n) is 11.7. The second-order valence-corrected chi connectivity index (χ2v) is 7.67. The number of nitrogens with one attached hydrogen (secondary N) is 2. The van der Waals surface area contributed by atoms with Crippen LogP contribution in [0, 0.1) is 5.41 Å². The lowest BCUT2D eigenvalue weighted by Gasteiger charge is -2.38. The van der Waals surface area contributed by atoms with Crippen LogP contribution in [-0.4, -0.2) is 36.0 Å². The molecule has 0 aliphatic carbocycles. The second kappa shape index (κ2) is 5.61. The topological polar surface area (TPSA) is 41.1 Å². The number of rotatable bonds is 4. The fraction of sp³-hybridized carbons (Fsp3) is 0.923. The number of hydrogen-bond acceptors (Lipinski definition) is 3. The van der Waals surface area contributed by atoms with Crippen LogP contribution in [0.15, 0.2) is 0 Å². The molecular weight excluding hydrogens is 232 g/mol. The molecule has 1 unspecified atom stereocenters. The van der Waals surface area contributed by atoms with Gasteiger partial charge in [-0.2, -0.15) is 11.8 Å². The Morgan fingerprint density at radius 3 is 2.71 bits per heavy atom. The molecule has 1 saturated heterocycles. The normalized spacial score (nSPS) is 24.4. The van der Waals surface area contributed by atoms with Gasteiger partial charge in [0.15, 0.2) is 0 Å². The molecule has 0 spiro atoms. The Balaban J connectivity index is 2.52. The van der Waals surface area contributed by atoms with E-state index in [-0.39, 0.29) is 22.1 Å². The Morgan fingerprint density at radius 1 is 1.53 bits per heavy atom. The van der Waals surface area contributed by atoms with Crippen molar-refractivity contribution in [3.8, 4) is 0 Å².